The van der Waals surface area contributed by atoms with Crippen LogP contribution in [0.4, 0.5) is 10.1 Å². The third kappa shape index (κ3) is 2.12. The zero-order valence-electron chi connectivity index (χ0n) is 11.2. The lowest BCUT2D eigenvalue weighted by Gasteiger charge is -2.43. The molecule has 1 aliphatic carbocycles. The molecule has 0 aromatic heterocycles. The highest BCUT2D eigenvalue weighted by molar-refractivity contribution is 5.49. The molecule has 1 aromatic rings. The molecular weight excluding hydrogens is 227 g/mol. The van der Waals surface area contributed by atoms with Crippen LogP contribution in [-0.2, 0) is 0 Å². The van der Waals surface area contributed by atoms with Crippen molar-refractivity contribution in [2.75, 3.05) is 24.5 Å². The Labute approximate surface area is 108 Å². The van der Waals surface area contributed by atoms with Crippen molar-refractivity contribution in [1.29, 1.82) is 0 Å². The fourth-order valence-electron chi connectivity index (χ4n) is 3.00. The second-order valence-electron chi connectivity index (χ2n) is 5.97. The summed E-state index contributed by atoms with van der Waals surface area (Å²) in [5, 5.41) is 3.65. The first-order chi connectivity index (χ1) is 8.58. The van der Waals surface area contributed by atoms with Gasteiger partial charge in [0.15, 0.2) is 0 Å². The maximum atomic E-state index is 13.7. The van der Waals surface area contributed by atoms with Crippen LogP contribution in [0, 0.1) is 18.7 Å². The summed E-state index contributed by atoms with van der Waals surface area (Å²) in [6.45, 7) is 7.06. The van der Waals surface area contributed by atoms with E-state index in [1.54, 1.807) is 6.07 Å². The van der Waals surface area contributed by atoms with Gasteiger partial charge in [0.2, 0.25) is 0 Å². The standard InChI is InChI=1S/C15H21FN2/c1-11-3-6-13(9-14(11)16)18-8-7-17-15(2,10-18)12-4-5-12/h3,6,9,12,17H,4-5,7-8,10H2,1-2H3. The van der Waals surface area contributed by atoms with Gasteiger partial charge >= 0.3 is 0 Å². The first-order valence-electron chi connectivity index (χ1n) is 6.85. The van der Waals surface area contributed by atoms with Crippen molar-refractivity contribution in [3.8, 4) is 0 Å². The maximum Gasteiger partial charge on any atom is 0.128 e. The van der Waals surface area contributed by atoms with Crippen molar-refractivity contribution in [3.05, 3.63) is 29.6 Å². The van der Waals surface area contributed by atoms with E-state index >= 15 is 0 Å². The zero-order valence-corrected chi connectivity index (χ0v) is 11.2. The lowest BCUT2D eigenvalue weighted by atomic mass is 9.92. The quantitative estimate of drug-likeness (QED) is 0.865. The number of halogens is 1. The number of hydrogen-bond donors (Lipinski definition) is 1. The van der Waals surface area contributed by atoms with E-state index in [0.29, 0.717) is 0 Å². The van der Waals surface area contributed by atoms with E-state index in [9.17, 15) is 4.39 Å². The van der Waals surface area contributed by atoms with Crippen molar-refractivity contribution in [2.24, 2.45) is 5.92 Å². The number of aryl methyl sites for hydroxylation is 1. The summed E-state index contributed by atoms with van der Waals surface area (Å²) < 4.78 is 13.7. The number of rotatable bonds is 2. The van der Waals surface area contributed by atoms with Crippen molar-refractivity contribution in [3.63, 3.8) is 0 Å². The number of nitrogens with one attached hydrogen (secondary N) is 1. The minimum atomic E-state index is -0.0980. The summed E-state index contributed by atoms with van der Waals surface area (Å²) >= 11 is 0. The third-order valence-corrected chi connectivity index (χ3v) is 4.43. The molecule has 0 spiro atoms. The Bertz CT molecular complexity index is 456. The molecule has 1 N–H and O–H groups in total. The van der Waals surface area contributed by atoms with Crippen LogP contribution in [0.5, 0.6) is 0 Å². The Morgan fingerprint density at radius 3 is 2.83 bits per heavy atom. The second-order valence-corrected chi connectivity index (χ2v) is 5.97. The normalized spacial score (nSPS) is 28.5. The van der Waals surface area contributed by atoms with E-state index in [0.717, 1.165) is 36.8 Å². The van der Waals surface area contributed by atoms with Gasteiger partial charge in [0.1, 0.15) is 5.82 Å². The van der Waals surface area contributed by atoms with Crippen molar-refractivity contribution in [2.45, 2.75) is 32.2 Å². The molecule has 0 amide bonds. The van der Waals surface area contributed by atoms with Crippen LogP contribution in [0.15, 0.2) is 18.2 Å². The number of hydrogen-bond acceptors (Lipinski definition) is 2. The van der Waals surface area contributed by atoms with E-state index < -0.39 is 0 Å². The molecule has 1 atom stereocenters. The SMILES string of the molecule is Cc1ccc(N2CCNC(C)(C3CC3)C2)cc1F. The van der Waals surface area contributed by atoms with E-state index in [1.807, 2.05) is 19.1 Å². The zero-order chi connectivity index (χ0) is 12.8. The molecule has 2 fully saturated rings. The van der Waals surface area contributed by atoms with Gasteiger partial charge in [-0.2, -0.15) is 0 Å². The molecule has 3 heteroatoms. The molecule has 2 aliphatic rings. The lowest BCUT2D eigenvalue weighted by Crippen LogP contribution is -2.60. The molecule has 3 rings (SSSR count). The van der Waals surface area contributed by atoms with Crippen molar-refractivity contribution < 1.29 is 4.39 Å². The topological polar surface area (TPSA) is 15.3 Å². The molecule has 2 nitrogen and oxygen atoms in total. The van der Waals surface area contributed by atoms with Crippen LogP contribution in [-0.4, -0.2) is 25.2 Å². The molecule has 98 valence electrons. The van der Waals surface area contributed by atoms with Gasteiger partial charge in [0.05, 0.1) is 0 Å². The van der Waals surface area contributed by atoms with Crippen LogP contribution >= 0.6 is 0 Å². The molecule has 1 heterocycles. The molecule has 0 bridgehead atoms. The molecule has 1 saturated heterocycles. The fourth-order valence-corrected chi connectivity index (χ4v) is 3.00. The van der Waals surface area contributed by atoms with Gasteiger partial charge in [-0.15, -0.1) is 0 Å². The Balaban J connectivity index is 1.81. The Morgan fingerprint density at radius 1 is 1.39 bits per heavy atom. The second kappa shape index (κ2) is 4.23. The summed E-state index contributed by atoms with van der Waals surface area (Å²) in [6.07, 6.45) is 2.67. The molecule has 18 heavy (non-hydrogen) atoms. The molecule has 0 radical (unpaired) electrons. The van der Waals surface area contributed by atoms with Gasteiger partial charge in [-0.25, -0.2) is 4.39 Å². The van der Waals surface area contributed by atoms with Gasteiger partial charge in [-0.1, -0.05) is 6.07 Å². The van der Waals surface area contributed by atoms with Crippen LogP contribution < -0.4 is 10.2 Å². The van der Waals surface area contributed by atoms with Gasteiger partial charge in [0.25, 0.3) is 0 Å². The Morgan fingerprint density at radius 2 is 2.17 bits per heavy atom. The number of anilines is 1. The minimum Gasteiger partial charge on any atom is -0.368 e. The average Bonchev–Trinajstić information content (AvgIpc) is 3.17. The largest absolute Gasteiger partial charge is 0.368 e. The van der Waals surface area contributed by atoms with E-state index in [-0.39, 0.29) is 11.4 Å². The highest BCUT2D eigenvalue weighted by Crippen LogP contribution is 2.41. The number of nitrogens with zero attached hydrogens (tertiary/aromatic N) is 1. The molecular formula is C15H21FN2. The van der Waals surface area contributed by atoms with Gasteiger partial charge in [0, 0.05) is 30.9 Å². The lowest BCUT2D eigenvalue weighted by molar-refractivity contribution is 0.285. The Kier molecular flexibility index (Phi) is 2.81. The van der Waals surface area contributed by atoms with Gasteiger partial charge in [-0.3, -0.25) is 0 Å². The first kappa shape index (κ1) is 12.0. The van der Waals surface area contributed by atoms with Crippen molar-refractivity contribution in [1.82, 2.24) is 5.32 Å². The first-order valence-corrected chi connectivity index (χ1v) is 6.85. The van der Waals surface area contributed by atoms with Gasteiger partial charge < -0.3 is 10.2 Å². The van der Waals surface area contributed by atoms with Crippen molar-refractivity contribution >= 4 is 5.69 Å². The summed E-state index contributed by atoms with van der Waals surface area (Å²) in [5.41, 5.74) is 1.95. The summed E-state index contributed by atoms with van der Waals surface area (Å²) in [7, 11) is 0. The predicted octanol–water partition coefficient (Wildman–Crippen LogP) is 2.71. The predicted molar refractivity (Wildman–Crippen MR) is 72.5 cm³/mol. The monoisotopic (exact) mass is 248 g/mol. The number of benzene rings is 1. The van der Waals surface area contributed by atoms with E-state index in [2.05, 4.69) is 17.1 Å². The summed E-state index contributed by atoms with van der Waals surface area (Å²) in [4.78, 5) is 2.32. The molecule has 1 aromatic carbocycles. The molecule has 1 aliphatic heterocycles. The van der Waals surface area contributed by atoms with Crippen LogP contribution in [0.25, 0.3) is 0 Å². The van der Waals surface area contributed by atoms with Gasteiger partial charge in [-0.05, 0) is 50.3 Å². The number of piperazine rings is 1. The van der Waals surface area contributed by atoms with E-state index in [4.69, 9.17) is 0 Å². The van der Waals surface area contributed by atoms with Crippen LogP contribution in [0.2, 0.25) is 0 Å². The molecule has 1 unspecified atom stereocenters. The highest BCUT2D eigenvalue weighted by atomic mass is 19.1. The fraction of sp³-hybridized carbons (Fsp3) is 0.600. The maximum absolute atomic E-state index is 13.7. The van der Waals surface area contributed by atoms with Crippen LogP contribution in [0.3, 0.4) is 0 Å². The van der Waals surface area contributed by atoms with E-state index in [1.165, 1.54) is 12.8 Å². The molecule has 1 saturated carbocycles. The van der Waals surface area contributed by atoms with Crippen LogP contribution in [0.1, 0.15) is 25.3 Å². The highest BCUT2D eigenvalue weighted by Gasteiger charge is 2.43. The smallest absolute Gasteiger partial charge is 0.128 e. The average molecular weight is 248 g/mol. The minimum absolute atomic E-state index is 0.0980. The summed E-state index contributed by atoms with van der Waals surface area (Å²) in [5.74, 6) is 0.703. The third-order valence-electron chi connectivity index (χ3n) is 4.43. The summed E-state index contributed by atoms with van der Waals surface area (Å²) in [6, 6.07) is 5.59. The Hall–Kier alpha value is -1.09.